The van der Waals surface area contributed by atoms with Crippen molar-refractivity contribution in [2.24, 2.45) is 0 Å². The Morgan fingerprint density at radius 1 is 0.738 bits per heavy atom. The van der Waals surface area contributed by atoms with Crippen molar-refractivity contribution >= 4 is 43.0 Å². The molecule has 0 heterocycles. The molecule has 42 heavy (non-hydrogen) atoms. The first-order valence-corrected chi connectivity index (χ1v) is 15.3. The molecule has 4 rings (SSSR count). The topological polar surface area (TPSA) is 113 Å². The number of anilines is 3. The fourth-order valence-electron chi connectivity index (χ4n) is 3.96. The molecule has 0 saturated carbocycles. The highest BCUT2D eigenvalue weighted by Gasteiger charge is 2.31. The quantitative estimate of drug-likeness (QED) is 0.241. The summed E-state index contributed by atoms with van der Waals surface area (Å²) in [6.07, 6.45) is -4.64. The number of alkyl halides is 3. The Morgan fingerprint density at radius 3 is 1.98 bits per heavy atom. The van der Waals surface area contributed by atoms with E-state index >= 15 is 0 Å². The van der Waals surface area contributed by atoms with Gasteiger partial charge in [-0.1, -0.05) is 35.9 Å². The molecule has 0 spiro atoms. The van der Waals surface area contributed by atoms with Gasteiger partial charge in [0.25, 0.3) is 20.0 Å². The van der Waals surface area contributed by atoms with Crippen LogP contribution in [-0.4, -0.2) is 29.3 Å². The minimum atomic E-state index is -4.64. The lowest BCUT2D eigenvalue weighted by Gasteiger charge is -2.24. The third kappa shape index (κ3) is 7.28. The Morgan fingerprint density at radius 2 is 1.36 bits per heavy atom. The predicted molar refractivity (Wildman–Crippen MR) is 154 cm³/mol. The minimum absolute atomic E-state index is 0.00485. The number of hydrogen-bond donors (Lipinski definition) is 2. The van der Waals surface area contributed by atoms with Crippen LogP contribution in [0.1, 0.15) is 16.7 Å². The largest absolute Gasteiger partial charge is 0.416 e. The van der Waals surface area contributed by atoms with Gasteiger partial charge in [-0.3, -0.25) is 13.8 Å². The van der Waals surface area contributed by atoms with E-state index in [-0.39, 0.29) is 26.9 Å². The van der Waals surface area contributed by atoms with Crippen molar-refractivity contribution in [3.05, 3.63) is 114 Å². The third-order valence-electron chi connectivity index (χ3n) is 6.08. The Bertz CT molecular complexity index is 1810. The van der Waals surface area contributed by atoms with Gasteiger partial charge >= 0.3 is 6.18 Å². The number of benzene rings is 4. The average molecular weight is 618 g/mol. The number of halogens is 3. The van der Waals surface area contributed by atoms with Gasteiger partial charge in [0.2, 0.25) is 5.91 Å². The Balaban J connectivity index is 1.52. The summed E-state index contributed by atoms with van der Waals surface area (Å²) in [4.78, 5) is 12.8. The van der Waals surface area contributed by atoms with Crippen LogP contribution in [0.15, 0.2) is 107 Å². The first-order chi connectivity index (χ1) is 19.6. The van der Waals surface area contributed by atoms with Crippen LogP contribution in [0.25, 0.3) is 0 Å². The lowest BCUT2D eigenvalue weighted by Crippen LogP contribution is -2.38. The third-order valence-corrected chi connectivity index (χ3v) is 9.26. The number of nitrogens with one attached hydrogen (secondary N) is 2. The van der Waals surface area contributed by atoms with Gasteiger partial charge < -0.3 is 5.32 Å². The molecule has 0 aromatic heterocycles. The Kier molecular flexibility index (Phi) is 8.64. The second kappa shape index (κ2) is 11.9. The van der Waals surface area contributed by atoms with E-state index in [2.05, 4.69) is 10.0 Å². The van der Waals surface area contributed by atoms with Gasteiger partial charge in [0.1, 0.15) is 6.54 Å². The number of hydrogen-bond acceptors (Lipinski definition) is 5. The summed E-state index contributed by atoms with van der Waals surface area (Å²) in [7, 11) is -8.38. The number of amides is 1. The second-order valence-corrected chi connectivity index (χ2v) is 13.0. The number of sulfonamides is 2. The first-order valence-electron chi connectivity index (χ1n) is 12.4. The van der Waals surface area contributed by atoms with Crippen molar-refractivity contribution in [1.29, 1.82) is 0 Å². The highest BCUT2D eigenvalue weighted by Crippen LogP contribution is 2.31. The van der Waals surface area contributed by atoms with Gasteiger partial charge in [-0.15, -0.1) is 0 Å². The van der Waals surface area contributed by atoms with E-state index in [1.807, 2.05) is 6.92 Å². The summed E-state index contributed by atoms with van der Waals surface area (Å²) >= 11 is 0. The zero-order valence-electron chi connectivity index (χ0n) is 22.4. The standard InChI is InChI=1S/C29H26F3N3O5S2/c1-20-9-13-27(14-10-20)42(39,40)35(25-8-3-5-21(2)17-25)19-28(36)33-23-11-15-26(16-12-23)41(37,38)34-24-7-4-6-22(18-24)29(30,31)32/h3-18,34H,19H2,1-2H3,(H,33,36). The molecule has 4 aromatic rings. The van der Waals surface area contributed by atoms with Crippen LogP contribution >= 0.6 is 0 Å². The van der Waals surface area contributed by atoms with E-state index in [9.17, 15) is 34.8 Å². The van der Waals surface area contributed by atoms with Crippen molar-refractivity contribution in [2.75, 3.05) is 20.9 Å². The van der Waals surface area contributed by atoms with E-state index in [0.717, 1.165) is 39.7 Å². The lowest BCUT2D eigenvalue weighted by atomic mass is 10.2. The average Bonchev–Trinajstić information content (AvgIpc) is 2.91. The zero-order valence-corrected chi connectivity index (χ0v) is 24.0. The van der Waals surface area contributed by atoms with Crippen molar-refractivity contribution in [2.45, 2.75) is 29.8 Å². The number of rotatable bonds is 9. The van der Waals surface area contributed by atoms with Gasteiger partial charge in [0.15, 0.2) is 0 Å². The number of nitrogens with zero attached hydrogens (tertiary/aromatic N) is 1. The second-order valence-electron chi connectivity index (χ2n) is 9.42. The fraction of sp³-hybridized carbons (Fsp3) is 0.138. The summed E-state index contributed by atoms with van der Waals surface area (Å²) in [6, 6.07) is 21.5. The normalized spacial score (nSPS) is 12.0. The molecule has 8 nitrogen and oxygen atoms in total. The van der Waals surface area contributed by atoms with Crippen LogP contribution in [0.3, 0.4) is 0 Å². The highest BCUT2D eigenvalue weighted by atomic mass is 32.2. The van der Waals surface area contributed by atoms with Crippen LogP contribution in [0.4, 0.5) is 30.2 Å². The summed E-state index contributed by atoms with van der Waals surface area (Å²) in [5.74, 6) is -0.690. The Hall–Kier alpha value is -4.36. The summed E-state index contributed by atoms with van der Waals surface area (Å²) in [6.45, 7) is 3.04. The molecule has 2 N–H and O–H groups in total. The monoisotopic (exact) mass is 617 g/mol. The molecule has 0 radical (unpaired) electrons. The molecule has 0 fully saturated rings. The number of aryl methyl sites for hydroxylation is 2. The molecule has 0 saturated heterocycles. The molecule has 0 aliphatic heterocycles. The van der Waals surface area contributed by atoms with Crippen LogP contribution in [-0.2, 0) is 31.0 Å². The molecule has 0 bridgehead atoms. The van der Waals surface area contributed by atoms with Crippen molar-refractivity contribution in [3.63, 3.8) is 0 Å². The maximum Gasteiger partial charge on any atom is 0.416 e. The van der Waals surface area contributed by atoms with Crippen LogP contribution in [0.5, 0.6) is 0 Å². The smallest absolute Gasteiger partial charge is 0.325 e. The zero-order chi connectivity index (χ0) is 30.7. The summed E-state index contributed by atoms with van der Waals surface area (Å²) in [5.41, 5.74) is 0.831. The van der Waals surface area contributed by atoms with Crippen LogP contribution in [0.2, 0.25) is 0 Å². The van der Waals surface area contributed by atoms with E-state index < -0.39 is 44.2 Å². The molecule has 220 valence electrons. The SMILES string of the molecule is Cc1ccc(S(=O)(=O)N(CC(=O)Nc2ccc(S(=O)(=O)Nc3cccc(C(F)(F)F)c3)cc2)c2cccc(C)c2)cc1. The summed E-state index contributed by atoms with van der Waals surface area (Å²) < 4.78 is 94.6. The van der Waals surface area contributed by atoms with Crippen LogP contribution < -0.4 is 14.3 Å². The van der Waals surface area contributed by atoms with Crippen LogP contribution in [0, 0.1) is 13.8 Å². The maximum atomic E-state index is 13.5. The van der Waals surface area contributed by atoms with Gasteiger partial charge in [-0.25, -0.2) is 16.8 Å². The van der Waals surface area contributed by atoms with E-state index in [0.29, 0.717) is 6.07 Å². The van der Waals surface area contributed by atoms with E-state index in [1.54, 1.807) is 43.3 Å². The molecule has 0 atom stereocenters. The number of carbonyl (C=O) groups is 1. The van der Waals surface area contributed by atoms with Gasteiger partial charge in [0, 0.05) is 11.4 Å². The molecule has 13 heteroatoms. The van der Waals surface area contributed by atoms with E-state index in [1.165, 1.54) is 30.3 Å². The van der Waals surface area contributed by atoms with Crippen molar-refractivity contribution in [3.8, 4) is 0 Å². The Labute approximate surface area is 241 Å². The van der Waals surface area contributed by atoms with Crippen molar-refractivity contribution in [1.82, 2.24) is 0 Å². The molecule has 1 amide bonds. The molecular formula is C29H26F3N3O5S2. The number of carbonyl (C=O) groups excluding carboxylic acids is 1. The summed E-state index contributed by atoms with van der Waals surface area (Å²) in [5, 5.41) is 2.56. The molecule has 4 aromatic carbocycles. The van der Waals surface area contributed by atoms with Crippen molar-refractivity contribution < 1.29 is 34.8 Å². The molecule has 0 aliphatic rings. The molecular weight excluding hydrogens is 591 g/mol. The van der Waals surface area contributed by atoms with Gasteiger partial charge in [0.05, 0.1) is 21.0 Å². The minimum Gasteiger partial charge on any atom is -0.325 e. The molecule has 0 unspecified atom stereocenters. The fourth-order valence-corrected chi connectivity index (χ4v) is 6.42. The lowest BCUT2D eigenvalue weighted by molar-refractivity contribution is -0.137. The highest BCUT2D eigenvalue weighted by molar-refractivity contribution is 7.93. The van der Waals surface area contributed by atoms with Gasteiger partial charge in [-0.2, -0.15) is 13.2 Å². The van der Waals surface area contributed by atoms with Gasteiger partial charge in [-0.05, 0) is 86.1 Å². The first kappa shape index (κ1) is 30.6. The van der Waals surface area contributed by atoms with E-state index in [4.69, 9.17) is 0 Å². The predicted octanol–water partition coefficient (Wildman–Crippen LogP) is 5.96. The molecule has 0 aliphatic carbocycles. The maximum absolute atomic E-state index is 13.5.